The zero-order valence-corrected chi connectivity index (χ0v) is 13.2. The Balaban J connectivity index is 2.04. The van der Waals surface area contributed by atoms with E-state index in [9.17, 15) is 0 Å². The zero-order chi connectivity index (χ0) is 13.7. The Bertz CT molecular complexity index is 400. The average Bonchev–Trinajstić information content (AvgIpc) is 2.43. The van der Waals surface area contributed by atoms with Crippen LogP contribution in [-0.2, 0) is 6.42 Å². The monoisotopic (exact) mass is 299 g/mol. The molecule has 1 aliphatic heterocycles. The van der Waals surface area contributed by atoms with Crippen LogP contribution in [0.25, 0.3) is 0 Å². The summed E-state index contributed by atoms with van der Waals surface area (Å²) < 4.78 is 0. The molecule has 3 heteroatoms. The van der Waals surface area contributed by atoms with Gasteiger partial charge in [0, 0.05) is 6.04 Å². The highest BCUT2D eigenvalue weighted by molar-refractivity contribution is 6.42. The summed E-state index contributed by atoms with van der Waals surface area (Å²) >= 11 is 12.1. The lowest BCUT2D eigenvalue weighted by molar-refractivity contribution is 0.153. The molecule has 19 heavy (non-hydrogen) atoms. The molecule has 106 valence electrons. The van der Waals surface area contributed by atoms with Gasteiger partial charge in [-0.05, 0) is 56.5 Å². The Hall–Kier alpha value is -0.240. The summed E-state index contributed by atoms with van der Waals surface area (Å²) in [7, 11) is 0. The highest BCUT2D eigenvalue weighted by Crippen LogP contribution is 2.25. The number of nitrogens with zero attached hydrogens (tertiary/aromatic N) is 1. The number of hydrogen-bond donors (Lipinski definition) is 0. The fraction of sp³-hybridized carbons (Fsp3) is 0.625. The molecule has 0 aromatic heterocycles. The third-order valence-electron chi connectivity index (χ3n) is 3.98. The Morgan fingerprint density at radius 3 is 2.47 bits per heavy atom. The molecule has 0 bridgehead atoms. The minimum absolute atomic E-state index is 0.649. The highest BCUT2D eigenvalue weighted by Gasteiger charge is 2.20. The number of likely N-dealkylation sites (tertiary alicyclic amines) is 1. The lowest BCUT2D eigenvalue weighted by Gasteiger charge is -2.34. The summed E-state index contributed by atoms with van der Waals surface area (Å²) in [5.41, 5.74) is 1.30. The third kappa shape index (κ3) is 4.37. The second-order valence-corrected chi connectivity index (χ2v) is 6.31. The largest absolute Gasteiger partial charge is 0.300 e. The van der Waals surface area contributed by atoms with Crippen molar-refractivity contribution in [1.29, 1.82) is 0 Å². The molecule has 1 heterocycles. The Labute approximate surface area is 126 Å². The van der Waals surface area contributed by atoms with Crippen LogP contribution < -0.4 is 0 Å². The first-order chi connectivity index (χ1) is 9.20. The van der Waals surface area contributed by atoms with Crippen LogP contribution >= 0.6 is 23.2 Å². The second-order valence-electron chi connectivity index (χ2n) is 5.49. The second kappa shape index (κ2) is 7.52. The summed E-state index contributed by atoms with van der Waals surface area (Å²) in [6, 6.07) is 6.71. The van der Waals surface area contributed by atoms with E-state index in [2.05, 4.69) is 17.9 Å². The Morgan fingerprint density at radius 1 is 1.11 bits per heavy atom. The molecule has 0 amide bonds. The molecule has 2 rings (SSSR count). The van der Waals surface area contributed by atoms with Gasteiger partial charge >= 0.3 is 0 Å². The van der Waals surface area contributed by atoms with Gasteiger partial charge in [0.1, 0.15) is 0 Å². The minimum atomic E-state index is 0.649. The maximum atomic E-state index is 6.11. The van der Waals surface area contributed by atoms with E-state index in [4.69, 9.17) is 23.2 Å². The van der Waals surface area contributed by atoms with Crippen LogP contribution in [0.4, 0.5) is 0 Å². The molecule has 0 spiro atoms. The van der Waals surface area contributed by atoms with Crippen molar-refractivity contribution < 1.29 is 0 Å². The van der Waals surface area contributed by atoms with Gasteiger partial charge in [-0.15, -0.1) is 0 Å². The maximum absolute atomic E-state index is 6.11. The van der Waals surface area contributed by atoms with Gasteiger partial charge in [-0.25, -0.2) is 0 Å². The lowest BCUT2D eigenvalue weighted by atomic mass is 9.98. The summed E-state index contributed by atoms with van der Waals surface area (Å²) in [5.74, 6) is 0. The fourth-order valence-corrected chi connectivity index (χ4v) is 3.29. The smallest absolute Gasteiger partial charge is 0.0595 e. The lowest BCUT2D eigenvalue weighted by Crippen LogP contribution is -2.40. The Morgan fingerprint density at radius 2 is 1.84 bits per heavy atom. The first-order valence-corrected chi connectivity index (χ1v) is 8.14. The van der Waals surface area contributed by atoms with E-state index >= 15 is 0 Å². The number of piperidine rings is 1. The molecule has 1 saturated heterocycles. The summed E-state index contributed by atoms with van der Waals surface area (Å²) in [5, 5.41) is 1.32. The maximum Gasteiger partial charge on any atom is 0.0595 e. The molecule has 1 atom stereocenters. The van der Waals surface area contributed by atoms with Crippen molar-refractivity contribution in [2.45, 2.75) is 51.5 Å². The van der Waals surface area contributed by atoms with Crippen LogP contribution in [0.3, 0.4) is 0 Å². The first-order valence-electron chi connectivity index (χ1n) is 7.38. The van der Waals surface area contributed by atoms with Gasteiger partial charge in [-0.3, -0.25) is 0 Å². The van der Waals surface area contributed by atoms with Gasteiger partial charge in [0.25, 0.3) is 0 Å². The standard InChI is InChI=1S/C16H23Cl2N/c1-2-6-14(19-9-4-3-5-10-19)11-13-7-8-15(17)16(18)12-13/h7-8,12,14H,2-6,9-11H2,1H3. The predicted molar refractivity (Wildman–Crippen MR) is 84.3 cm³/mol. The third-order valence-corrected chi connectivity index (χ3v) is 4.72. The zero-order valence-electron chi connectivity index (χ0n) is 11.7. The van der Waals surface area contributed by atoms with E-state index < -0.39 is 0 Å². The number of hydrogen-bond acceptors (Lipinski definition) is 1. The van der Waals surface area contributed by atoms with Crippen LogP contribution in [0.5, 0.6) is 0 Å². The topological polar surface area (TPSA) is 3.24 Å². The number of benzene rings is 1. The van der Waals surface area contributed by atoms with Crippen molar-refractivity contribution in [2.75, 3.05) is 13.1 Å². The van der Waals surface area contributed by atoms with Gasteiger partial charge in [-0.1, -0.05) is 49.0 Å². The number of halogens is 2. The van der Waals surface area contributed by atoms with Gasteiger partial charge in [0.2, 0.25) is 0 Å². The van der Waals surface area contributed by atoms with E-state index in [0.717, 1.165) is 6.42 Å². The summed E-state index contributed by atoms with van der Waals surface area (Å²) in [4.78, 5) is 2.66. The van der Waals surface area contributed by atoms with Crippen molar-refractivity contribution in [3.63, 3.8) is 0 Å². The molecule has 1 fully saturated rings. The first kappa shape index (κ1) is 15.2. The molecule has 0 N–H and O–H groups in total. The van der Waals surface area contributed by atoms with E-state index in [1.165, 1.54) is 50.8 Å². The van der Waals surface area contributed by atoms with Gasteiger partial charge in [0.15, 0.2) is 0 Å². The summed E-state index contributed by atoms with van der Waals surface area (Å²) in [6.45, 7) is 4.78. The molecule has 1 aromatic rings. The van der Waals surface area contributed by atoms with Gasteiger partial charge < -0.3 is 4.90 Å². The van der Waals surface area contributed by atoms with E-state index in [1.54, 1.807) is 0 Å². The molecule has 1 nitrogen and oxygen atoms in total. The normalized spacial score (nSPS) is 18.5. The van der Waals surface area contributed by atoms with E-state index in [1.807, 2.05) is 12.1 Å². The number of rotatable bonds is 5. The van der Waals surface area contributed by atoms with Crippen molar-refractivity contribution in [2.24, 2.45) is 0 Å². The average molecular weight is 300 g/mol. The fourth-order valence-electron chi connectivity index (χ4n) is 2.97. The van der Waals surface area contributed by atoms with Gasteiger partial charge in [0.05, 0.1) is 10.0 Å². The molecular weight excluding hydrogens is 277 g/mol. The molecule has 0 aliphatic carbocycles. The van der Waals surface area contributed by atoms with Crippen molar-refractivity contribution in [1.82, 2.24) is 4.90 Å². The quantitative estimate of drug-likeness (QED) is 0.723. The van der Waals surface area contributed by atoms with Crippen molar-refractivity contribution in [3.05, 3.63) is 33.8 Å². The van der Waals surface area contributed by atoms with Crippen LogP contribution in [0, 0.1) is 0 Å². The Kier molecular flexibility index (Phi) is 6.00. The van der Waals surface area contributed by atoms with E-state index in [0.29, 0.717) is 16.1 Å². The molecule has 0 radical (unpaired) electrons. The molecule has 1 aromatic carbocycles. The van der Waals surface area contributed by atoms with Gasteiger partial charge in [-0.2, -0.15) is 0 Å². The van der Waals surface area contributed by atoms with Crippen LogP contribution in [0.15, 0.2) is 18.2 Å². The minimum Gasteiger partial charge on any atom is -0.300 e. The molecule has 0 saturated carbocycles. The summed E-state index contributed by atoms with van der Waals surface area (Å²) in [6.07, 6.45) is 7.68. The van der Waals surface area contributed by atoms with Crippen molar-refractivity contribution >= 4 is 23.2 Å². The predicted octanol–water partition coefficient (Wildman–Crippen LogP) is 5.19. The van der Waals surface area contributed by atoms with Crippen LogP contribution in [-0.4, -0.2) is 24.0 Å². The highest BCUT2D eigenvalue weighted by atomic mass is 35.5. The SMILES string of the molecule is CCCC(Cc1ccc(Cl)c(Cl)c1)N1CCCCC1. The van der Waals surface area contributed by atoms with E-state index in [-0.39, 0.29) is 0 Å². The van der Waals surface area contributed by atoms with Crippen molar-refractivity contribution in [3.8, 4) is 0 Å². The molecule has 1 aliphatic rings. The molecule has 1 unspecified atom stereocenters. The van der Waals surface area contributed by atoms with Crippen LogP contribution in [0.1, 0.15) is 44.6 Å². The molecular formula is C16H23Cl2N. The van der Waals surface area contributed by atoms with Crippen LogP contribution in [0.2, 0.25) is 10.0 Å².